The maximum atomic E-state index is 13.0. The molecule has 0 unspecified atom stereocenters. The Morgan fingerprint density at radius 2 is 1.82 bits per heavy atom. The molecule has 3 heterocycles. The van der Waals surface area contributed by atoms with Gasteiger partial charge in [-0.2, -0.15) is 17.7 Å². The minimum absolute atomic E-state index is 0.00221. The zero-order valence-electron chi connectivity index (χ0n) is 22.5. The van der Waals surface area contributed by atoms with Gasteiger partial charge in [-0.1, -0.05) is 18.2 Å². The summed E-state index contributed by atoms with van der Waals surface area (Å²) in [6.45, 7) is 7.90. The Bertz CT molecular complexity index is 1540. The molecule has 2 aliphatic rings. The highest BCUT2D eigenvalue weighted by molar-refractivity contribution is 7.88. The SMILES string of the molecule is Cc1ccc(NC(=O)c2ccc(CN3C(C)(C)C(=O)NS3(=O)=O)cc2)cc1Nc1nccc(N2CCOCC2)n1. The number of amides is 2. The summed E-state index contributed by atoms with van der Waals surface area (Å²) in [5.74, 6) is 0.371. The van der Waals surface area contributed by atoms with Crippen molar-refractivity contribution in [3.8, 4) is 0 Å². The molecule has 3 N–H and O–H groups in total. The maximum absolute atomic E-state index is 13.0. The number of anilines is 4. The second-order valence-electron chi connectivity index (χ2n) is 10.1. The number of benzene rings is 2. The largest absolute Gasteiger partial charge is 0.378 e. The van der Waals surface area contributed by atoms with Gasteiger partial charge >= 0.3 is 10.2 Å². The van der Waals surface area contributed by atoms with Crippen LogP contribution in [0.15, 0.2) is 54.7 Å². The molecule has 2 fully saturated rings. The molecule has 0 spiro atoms. The third-order valence-corrected chi connectivity index (χ3v) is 8.56. The first-order valence-electron chi connectivity index (χ1n) is 12.8. The molecule has 13 heteroatoms. The van der Waals surface area contributed by atoms with Crippen LogP contribution in [0, 0.1) is 6.92 Å². The number of ether oxygens (including phenoxy) is 1. The lowest BCUT2D eigenvalue weighted by molar-refractivity contribution is -0.125. The highest BCUT2D eigenvalue weighted by atomic mass is 32.2. The number of hydrogen-bond acceptors (Lipinski definition) is 9. The van der Waals surface area contributed by atoms with E-state index in [9.17, 15) is 18.0 Å². The number of aryl methyl sites for hydroxylation is 1. The number of rotatable bonds is 7. The van der Waals surface area contributed by atoms with Gasteiger partial charge in [0.2, 0.25) is 5.95 Å². The van der Waals surface area contributed by atoms with Gasteiger partial charge in [0.15, 0.2) is 0 Å². The summed E-state index contributed by atoms with van der Waals surface area (Å²) in [5, 5.41) is 6.15. The Kier molecular flexibility index (Phi) is 7.45. The Balaban J connectivity index is 1.25. The molecule has 0 bridgehead atoms. The Morgan fingerprint density at radius 3 is 2.50 bits per heavy atom. The van der Waals surface area contributed by atoms with E-state index in [0.29, 0.717) is 36.0 Å². The van der Waals surface area contributed by atoms with Crippen LogP contribution in [0.25, 0.3) is 0 Å². The van der Waals surface area contributed by atoms with E-state index in [4.69, 9.17) is 4.74 Å². The van der Waals surface area contributed by atoms with Crippen molar-refractivity contribution in [3.63, 3.8) is 0 Å². The fourth-order valence-electron chi connectivity index (χ4n) is 4.46. The minimum Gasteiger partial charge on any atom is -0.378 e. The van der Waals surface area contributed by atoms with Crippen molar-refractivity contribution in [2.75, 3.05) is 41.8 Å². The number of hydrogen-bond donors (Lipinski definition) is 3. The second-order valence-corrected chi connectivity index (χ2v) is 11.7. The highest BCUT2D eigenvalue weighted by Crippen LogP contribution is 2.28. The average Bonchev–Trinajstić information content (AvgIpc) is 3.09. The normalized spacial score (nSPS) is 18.3. The Labute approximate surface area is 232 Å². The van der Waals surface area contributed by atoms with Gasteiger partial charge in [-0.25, -0.2) is 9.71 Å². The summed E-state index contributed by atoms with van der Waals surface area (Å²) in [5.41, 5.74) is 2.13. The van der Waals surface area contributed by atoms with Crippen LogP contribution in [-0.2, 0) is 26.3 Å². The van der Waals surface area contributed by atoms with E-state index in [1.54, 1.807) is 44.3 Å². The summed E-state index contributed by atoms with van der Waals surface area (Å²) < 4.78 is 33.2. The van der Waals surface area contributed by atoms with Gasteiger partial charge in [-0.15, -0.1) is 0 Å². The van der Waals surface area contributed by atoms with E-state index >= 15 is 0 Å². The van der Waals surface area contributed by atoms with Gasteiger partial charge in [0.1, 0.15) is 11.4 Å². The third kappa shape index (κ3) is 5.76. The molecule has 40 heavy (non-hydrogen) atoms. The molecule has 2 aliphatic heterocycles. The molecule has 210 valence electrons. The number of morpholine rings is 1. The first-order chi connectivity index (χ1) is 19.0. The zero-order valence-corrected chi connectivity index (χ0v) is 23.3. The first kappa shape index (κ1) is 27.5. The topological polar surface area (TPSA) is 146 Å². The van der Waals surface area contributed by atoms with Gasteiger partial charge in [0.25, 0.3) is 11.8 Å². The monoisotopic (exact) mass is 565 g/mol. The maximum Gasteiger partial charge on any atom is 0.305 e. The van der Waals surface area contributed by atoms with E-state index in [1.165, 1.54) is 0 Å². The summed E-state index contributed by atoms with van der Waals surface area (Å²) in [6, 6.07) is 14.0. The molecule has 2 amide bonds. The quantitative estimate of drug-likeness (QED) is 0.393. The predicted molar refractivity (Wildman–Crippen MR) is 151 cm³/mol. The molecule has 3 aromatic rings. The zero-order chi connectivity index (χ0) is 28.5. The molecular weight excluding hydrogens is 534 g/mol. The second kappa shape index (κ2) is 10.8. The van der Waals surface area contributed by atoms with Crippen molar-refractivity contribution in [1.82, 2.24) is 19.0 Å². The van der Waals surface area contributed by atoms with Gasteiger partial charge in [0.05, 0.1) is 13.2 Å². The van der Waals surface area contributed by atoms with E-state index in [2.05, 4.69) is 25.5 Å². The molecule has 0 atom stereocenters. The van der Waals surface area contributed by atoms with Crippen molar-refractivity contribution >= 4 is 45.2 Å². The summed E-state index contributed by atoms with van der Waals surface area (Å²) >= 11 is 0. The summed E-state index contributed by atoms with van der Waals surface area (Å²) in [6.07, 6.45) is 1.71. The van der Waals surface area contributed by atoms with Crippen LogP contribution < -0.4 is 20.3 Å². The number of nitrogens with one attached hydrogen (secondary N) is 3. The smallest absolute Gasteiger partial charge is 0.305 e. The van der Waals surface area contributed by atoms with E-state index < -0.39 is 21.7 Å². The van der Waals surface area contributed by atoms with Crippen molar-refractivity contribution < 1.29 is 22.7 Å². The van der Waals surface area contributed by atoms with Crippen LogP contribution in [0.2, 0.25) is 0 Å². The van der Waals surface area contributed by atoms with Crippen LogP contribution in [0.5, 0.6) is 0 Å². The fourth-order valence-corrected chi connectivity index (χ4v) is 6.05. The number of carbonyl (C=O) groups is 2. The minimum atomic E-state index is -3.92. The van der Waals surface area contributed by atoms with Gasteiger partial charge in [0, 0.05) is 42.8 Å². The Morgan fingerprint density at radius 1 is 1.10 bits per heavy atom. The molecule has 0 saturated carbocycles. The molecule has 5 rings (SSSR count). The van der Waals surface area contributed by atoms with Crippen LogP contribution >= 0.6 is 0 Å². The summed E-state index contributed by atoms with van der Waals surface area (Å²) in [7, 11) is -3.92. The molecular formula is C27H31N7O5S. The van der Waals surface area contributed by atoms with Gasteiger partial charge in [-0.3, -0.25) is 9.59 Å². The van der Waals surface area contributed by atoms with Crippen molar-refractivity contribution in [3.05, 3.63) is 71.4 Å². The predicted octanol–water partition coefficient (Wildman–Crippen LogP) is 2.57. The molecule has 0 aliphatic carbocycles. The molecule has 2 saturated heterocycles. The van der Waals surface area contributed by atoms with Gasteiger partial charge < -0.3 is 20.3 Å². The molecule has 2 aromatic carbocycles. The van der Waals surface area contributed by atoms with E-state index in [0.717, 1.165) is 34.5 Å². The molecule has 0 radical (unpaired) electrons. The lowest BCUT2D eigenvalue weighted by Gasteiger charge is -2.27. The average molecular weight is 566 g/mol. The van der Waals surface area contributed by atoms with E-state index in [-0.39, 0.29) is 12.5 Å². The lowest BCUT2D eigenvalue weighted by atomic mass is 10.0. The van der Waals surface area contributed by atoms with Crippen LogP contribution in [-0.4, -0.2) is 66.3 Å². The van der Waals surface area contributed by atoms with Crippen LogP contribution in [0.1, 0.15) is 35.3 Å². The number of carbonyl (C=O) groups excluding carboxylic acids is 2. The van der Waals surface area contributed by atoms with E-state index in [1.807, 2.05) is 35.9 Å². The van der Waals surface area contributed by atoms with Crippen LogP contribution in [0.3, 0.4) is 0 Å². The van der Waals surface area contributed by atoms with Gasteiger partial charge in [-0.05, 0) is 62.2 Å². The van der Waals surface area contributed by atoms with Crippen molar-refractivity contribution in [2.24, 2.45) is 0 Å². The Hall–Kier alpha value is -4.07. The fraction of sp³-hybridized carbons (Fsp3) is 0.333. The van der Waals surface area contributed by atoms with Crippen molar-refractivity contribution in [1.29, 1.82) is 0 Å². The number of aromatic nitrogens is 2. The van der Waals surface area contributed by atoms with Crippen molar-refractivity contribution in [2.45, 2.75) is 32.9 Å². The highest BCUT2D eigenvalue weighted by Gasteiger charge is 2.50. The number of nitrogens with zero attached hydrogens (tertiary/aromatic N) is 4. The molecule has 1 aromatic heterocycles. The standard InChI is InChI=1S/C27H31N7O5S/c1-18-4-9-21(16-22(18)30-26-28-11-10-23(31-26)33-12-14-39-15-13-33)29-24(35)20-7-5-19(6-8-20)17-34-27(2,3)25(36)32-40(34,37)38/h4-11,16H,12-15,17H2,1-3H3,(H,29,35)(H,32,36)(H,28,30,31). The third-order valence-electron chi connectivity index (χ3n) is 6.95. The summed E-state index contributed by atoms with van der Waals surface area (Å²) in [4.78, 5) is 36.1. The first-order valence-corrected chi connectivity index (χ1v) is 14.3. The van der Waals surface area contributed by atoms with Crippen LogP contribution in [0.4, 0.5) is 23.1 Å². The molecule has 12 nitrogen and oxygen atoms in total. The lowest BCUT2D eigenvalue weighted by Crippen LogP contribution is -2.43.